The number of hydrogen-bond acceptors (Lipinski definition) is 4. The molecule has 0 aliphatic carbocycles. The van der Waals surface area contributed by atoms with Crippen LogP contribution in [0.3, 0.4) is 0 Å². The summed E-state index contributed by atoms with van der Waals surface area (Å²) in [5.41, 5.74) is 2.61. The molecule has 1 heterocycles. The van der Waals surface area contributed by atoms with Crippen LogP contribution in [0.15, 0.2) is 60.7 Å². The molecule has 8 heteroatoms. The molecule has 1 aliphatic heterocycles. The van der Waals surface area contributed by atoms with Crippen LogP contribution in [0.5, 0.6) is 11.5 Å². The standard InChI is InChI=1S/C24H20Cl3NO3S/c1-2-30-21-12-16(11-20(27)23(21)31-13-15-3-5-17(25)6-4-15)24-28(22(29)14-32-24)19-9-7-18(26)8-10-19/h3-12,24H,2,13-14H2,1H3/t24-/m0/s1. The van der Waals surface area contributed by atoms with Gasteiger partial charge >= 0.3 is 0 Å². The van der Waals surface area contributed by atoms with Gasteiger partial charge in [-0.25, -0.2) is 0 Å². The van der Waals surface area contributed by atoms with Gasteiger partial charge in [0.25, 0.3) is 0 Å². The SMILES string of the molecule is CCOc1cc([C@@H]2SCC(=O)N2c2ccc(Cl)cc2)cc(Cl)c1OCc1ccc(Cl)cc1. The Balaban J connectivity index is 1.63. The Hall–Kier alpha value is -2.05. The molecule has 0 unspecified atom stereocenters. The number of nitrogens with zero attached hydrogens (tertiary/aromatic N) is 1. The molecule has 0 aromatic heterocycles. The summed E-state index contributed by atoms with van der Waals surface area (Å²) in [7, 11) is 0. The Kier molecular flexibility index (Phi) is 7.41. The van der Waals surface area contributed by atoms with Crippen LogP contribution >= 0.6 is 46.6 Å². The maximum Gasteiger partial charge on any atom is 0.238 e. The highest BCUT2D eigenvalue weighted by Crippen LogP contribution is 2.46. The molecule has 0 N–H and O–H groups in total. The minimum absolute atomic E-state index is 0.0273. The fourth-order valence-electron chi connectivity index (χ4n) is 3.42. The third kappa shape index (κ3) is 5.12. The van der Waals surface area contributed by atoms with Crippen molar-refractivity contribution in [1.29, 1.82) is 0 Å². The van der Waals surface area contributed by atoms with E-state index in [1.807, 2.05) is 55.5 Å². The summed E-state index contributed by atoms with van der Waals surface area (Å²) in [5, 5.41) is 1.48. The lowest BCUT2D eigenvalue weighted by atomic mass is 10.1. The first-order valence-corrected chi connectivity index (χ1v) is 12.2. The van der Waals surface area contributed by atoms with Crippen LogP contribution in [0.2, 0.25) is 15.1 Å². The number of amides is 1. The largest absolute Gasteiger partial charge is 0.490 e. The molecule has 1 amide bonds. The summed E-state index contributed by atoms with van der Waals surface area (Å²) in [6.45, 7) is 2.68. The average molecular weight is 509 g/mol. The molecule has 1 fully saturated rings. The van der Waals surface area contributed by atoms with Crippen LogP contribution in [0.1, 0.15) is 23.4 Å². The molecule has 4 rings (SSSR count). The normalized spacial score (nSPS) is 15.8. The summed E-state index contributed by atoms with van der Waals surface area (Å²) < 4.78 is 11.9. The molecule has 0 spiro atoms. The Morgan fingerprint density at radius 1 is 0.969 bits per heavy atom. The summed E-state index contributed by atoms with van der Waals surface area (Å²) in [4.78, 5) is 14.4. The van der Waals surface area contributed by atoms with Gasteiger partial charge in [-0.1, -0.05) is 46.9 Å². The summed E-state index contributed by atoms with van der Waals surface area (Å²) in [5.74, 6) is 1.42. The van der Waals surface area contributed by atoms with Gasteiger partial charge in [0.05, 0.1) is 17.4 Å². The third-order valence-corrected chi connectivity index (χ3v) is 6.88. The van der Waals surface area contributed by atoms with Crippen molar-refractivity contribution in [3.05, 3.63) is 86.9 Å². The van der Waals surface area contributed by atoms with Gasteiger partial charge in [-0.2, -0.15) is 0 Å². The number of thioether (sulfide) groups is 1. The van der Waals surface area contributed by atoms with E-state index in [2.05, 4.69) is 0 Å². The lowest BCUT2D eigenvalue weighted by Crippen LogP contribution is -2.27. The molecule has 1 aliphatic rings. The highest BCUT2D eigenvalue weighted by Gasteiger charge is 2.35. The van der Waals surface area contributed by atoms with E-state index < -0.39 is 0 Å². The maximum absolute atomic E-state index is 12.7. The van der Waals surface area contributed by atoms with Crippen molar-refractivity contribution in [3.8, 4) is 11.5 Å². The zero-order chi connectivity index (χ0) is 22.7. The Labute approximate surface area is 206 Å². The summed E-state index contributed by atoms with van der Waals surface area (Å²) >= 11 is 20.2. The molecular formula is C24H20Cl3NO3S. The first kappa shape index (κ1) is 23.1. The van der Waals surface area contributed by atoms with E-state index in [0.29, 0.717) is 45.5 Å². The predicted molar refractivity (Wildman–Crippen MR) is 133 cm³/mol. The quantitative estimate of drug-likeness (QED) is 0.333. The van der Waals surface area contributed by atoms with Gasteiger partial charge in [-0.05, 0) is 66.6 Å². The minimum atomic E-state index is -0.231. The number of hydrogen-bond donors (Lipinski definition) is 0. The van der Waals surface area contributed by atoms with Gasteiger partial charge in [-0.15, -0.1) is 11.8 Å². The molecule has 0 saturated carbocycles. The van der Waals surface area contributed by atoms with E-state index in [4.69, 9.17) is 44.3 Å². The predicted octanol–water partition coefficient (Wildman–Crippen LogP) is 7.40. The maximum atomic E-state index is 12.7. The lowest BCUT2D eigenvalue weighted by molar-refractivity contribution is -0.115. The molecule has 0 radical (unpaired) electrons. The highest BCUT2D eigenvalue weighted by molar-refractivity contribution is 8.00. The van der Waals surface area contributed by atoms with Crippen LogP contribution in [-0.4, -0.2) is 18.3 Å². The van der Waals surface area contributed by atoms with Crippen molar-refractivity contribution in [2.24, 2.45) is 0 Å². The molecule has 32 heavy (non-hydrogen) atoms. The monoisotopic (exact) mass is 507 g/mol. The zero-order valence-corrected chi connectivity index (χ0v) is 20.3. The molecular weight excluding hydrogens is 489 g/mol. The van der Waals surface area contributed by atoms with E-state index in [0.717, 1.165) is 16.8 Å². The number of carbonyl (C=O) groups excluding carboxylic acids is 1. The van der Waals surface area contributed by atoms with Crippen molar-refractivity contribution in [2.45, 2.75) is 18.9 Å². The molecule has 0 bridgehead atoms. The number of rotatable bonds is 7. The number of anilines is 1. The first-order valence-electron chi connectivity index (χ1n) is 9.99. The molecule has 1 saturated heterocycles. The van der Waals surface area contributed by atoms with Crippen molar-refractivity contribution >= 4 is 58.2 Å². The van der Waals surface area contributed by atoms with Crippen molar-refractivity contribution in [2.75, 3.05) is 17.3 Å². The summed E-state index contributed by atoms with van der Waals surface area (Å²) in [6, 6.07) is 18.4. The smallest absolute Gasteiger partial charge is 0.238 e. The zero-order valence-electron chi connectivity index (χ0n) is 17.2. The van der Waals surface area contributed by atoms with E-state index >= 15 is 0 Å². The second-order valence-electron chi connectivity index (χ2n) is 7.08. The van der Waals surface area contributed by atoms with E-state index in [-0.39, 0.29) is 11.3 Å². The van der Waals surface area contributed by atoms with Gasteiger partial charge in [-0.3, -0.25) is 9.69 Å². The number of halogens is 3. The Bertz CT molecular complexity index is 1110. The topological polar surface area (TPSA) is 38.8 Å². The van der Waals surface area contributed by atoms with Crippen molar-refractivity contribution in [1.82, 2.24) is 0 Å². The van der Waals surface area contributed by atoms with Crippen LogP contribution in [0, 0.1) is 0 Å². The Morgan fingerprint density at radius 2 is 1.62 bits per heavy atom. The summed E-state index contributed by atoms with van der Waals surface area (Å²) in [6.07, 6.45) is 0. The number of ether oxygens (including phenoxy) is 2. The second-order valence-corrected chi connectivity index (χ2v) is 9.43. The molecule has 3 aromatic carbocycles. The first-order chi connectivity index (χ1) is 15.5. The fourth-order valence-corrected chi connectivity index (χ4v) is 5.10. The van der Waals surface area contributed by atoms with Crippen LogP contribution in [0.4, 0.5) is 5.69 Å². The van der Waals surface area contributed by atoms with Crippen LogP contribution in [0.25, 0.3) is 0 Å². The highest BCUT2D eigenvalue weighted by atomic mass is 35.5. The van der Waals surface area contributed by atoms with Gasteiger partial charge < -0.3 is 9.47 Å². The minimum Gasteiger partial charge on any atom is -0.490 e. The molecule has 166 valence electrons. The van der Waals surface area contributed by atoms with Crippen LogP contribution < -0.4 is 14.4 Å². The van der Waals surface area contributed by atoms with Crippen molar-refractivity contribution < 1.29 is 14.3 Å². The fraction of sp³-hybridized carbons (Fsp3) is 0.208. The van der Waals surface area contributed by atoms with Gasteiger partial charge in [0.15, 0.2) is 11.5 Å². The van der Waals surface area contributed by atoms with Crippen LogP contribution in [-0.2, 0) is 11.4 Å². The van der Waals surface area contributed by atoms with Gasteiger partial charge in [0, 0.05) is 15.7 Å². The van der Waals surface area contributed by atoms with E-state index in [1.165, 1.54) is 11.8 Å². The van der Waals surface area contributed by atoms with E-state index in [9.17, 15) is 4.79 Å². The second kappa shape index (κ2) is 10.3. The van der Waals surface area contributed by atoms with Gasteiger partial charge in [0.1, 0.15) is 12.0 Å². The molecule has 1 atom stereocenters. The lowest BCUT2D eigenvalue weighted by Gasteiger charge is -2.25. The number of benzene rings is 3. The third-order valence-electron chi connectivity index (χ3n) is 4.89. The molecule has 3 aromatic rings. The van der Waals surface area contributed by atoms with Gasteiger partial charge in [0.2, 0.25) is 5.91 Å². The Morgan fingerprint density at radius 3 is 2.28 bits per heavy atom. The number of carbonyl (C=O) groups is 1. The molecule has 4 nitrogen and oxygen atoms in total. The average Bonchev–Trinajstić information content (AvgIpc) is 3.16. The van der Waals surface area contributed by atoms with E-state index in [1.54, 1.807) is 17.0 Å². The van der Waals surface area contributed by atoms with Crippen molar-refractivity contribution in [3.63, 3.8) is 0 Å².